The number of benzene rings is 1. The Morgan fingerprint density at radius 2 is 1.95 bits per heavy atom. The van der Waals surface area contributed by atoms with Crippen LogP contribution in [0.4, 0.5) is 0 Å². The van der Waals surface area contributed by atoms with Crippen LogP contribution < -0.4 is 10.1 Å². The first-order valence-electron chi connectivity index (χ1n) is 6.32. The van der Waals surface area contributed by atoms with Crippen molar-refractivity contribution in [3.63, 3.8) is 0 Å². The van der Waals surface area contributed by atoms with Gasteiger partial charge in [0.2, 0.25) is 0 Å². The molecule has 1 aromatic rings. The molecule has 0 unspecified atom stereocenters. The lowest BCUT2D eigenvalue weighted by Crippen LogP contribution is -2.18. The molecule has 5 nitrogen and oxygen atoms in total. The smallest absolute Gasteiger partial charge is 0.276 e. The van der Waals surface area contributed by atoms with Crippen molar-refractivity contribution in [2.45, 2.75) is 11.8 Å². The third-order valence-electron chi connectivity index (χ3n) is 2.87. The predicted octanol–water partition coefficient (Wildman–Crippen LogP) is 1.66. The van der Waals surface area contributed by atoms with Crippen LogP contribution in [-0.2, 0) is 10.0 Å². The minimum atomic E-state index is -3.64. The van der Waals surface area contributed by atoms with Crippen molar-refractivity contribution in [2.24, 2.45) is 5.10 Å². The number of allylic oxidation sites excluding steroid dienone is 5. The first-order chi connectivity index (χ1) is 10.0. The zero-order chi connectivity index (χ0) is 15.3. The molecule has 1 aromatic carbocycles. The summed E-state index contributed by atoms with van der Waals surface area (Å²) in [4.78, 5) is 2.38. The van der Waals surface area contributed by atoms with Crippen LogP contribution in [0.2, 0.25) is 0 Å². The van der Waals surface area contributed by atoms with Gasteiger partial charge in [0.25, 0.3) is 10.0 Å². The Morgan fingerprint density at radius 3 is 2.62 bits per heavy atom. The summed E-state index contributed by atoms with van der Waals surface area (Å²) >= 11 is 0. The standard InChI is InChI=1S/C15H16N3O2S/c1-12-7-9-14(10-8-12)21(19,20)18-17-11-13-5-3-4-6-15(13)16-2/h3,5-11,16,18H,1-2H3/q+1/b17-11+. The maximum atomic E-state index is 12.0. The average Bonchev–Trinajstić information content (AvgIpc) is 2.48. The second-order valence-electron chi connectivity index (χ2n) is 4.43. The molecule has 1 aliphatic carbocycles. The van der Waals surface area contributed by atoms with E-state index in [1.165, 1.54) is 6.21 Å². The summed E-state index contributed by atoms with van der Waals surface area (Å²) in [6.45, 7) is 1.90. The molecule has 1 aliphatic rings. The molecule has 0 bridgehead atoms. The van der Waals surface area contributed by atoms with Crippen LogP contribution in [0.3, 0.4) is 0 Å². The molecular formula is C15H16N3O2S+. The van der Waals surface area contributed by atoms with Crippen LogP contribution in [0, 0.1) is 13.0 Å². The monoisotopic (exact) mass is 302 g/mol. The highest BCUT2D eigenvalue weighted by Crippen LogP contribution is 2.10. The second kappa shape index (κ2) is 6.35. The highest BCUT2D eigenvalue weighted by molar-refractivity contribution is 7.89. The van der Waals surface area contributed by atoms with E-state index in [0.717, 1.165) is 16.8 Å². The van der Waals surface area contributed by atoms with E-state index in [0.29, 0.717) is 0 Å². The molecule has 0 saturated heterocycles. The van der Waals surface area contributed by atoms with E-state index >= 15 is 0 Å². The SMILES string of the molecule is CNC1=C(/C=N/NS(=O)(=O)c2ccc(C)cc2)C=C[C+]=C1. The van der Waals surface area contributed by atoms with Gasteiger partial charge in [-0.15, -0.1) is 0 Å². The number of rotatable bonds is 5. The Morgan fingerprint density at radius 1 is 1.24 bits per heavy atom. The van der Waals surface area contributed by atoms with E-state index in [1.54, 1.807) is 49.5 Å². The fraction of sp³-hybridized carbons (Fsp3) is 0.133. The number of hydrogen-bond acceptors (Lipinski definition) is 4. The summed E-state index contributed by atoms with van der Waals surface area (Å²) in [6.07, 6.45) is 9.66. The molecule has 0 amide bonds. The van der Waals surface area contributed by atoms with E-state index in [9.17, 15) is 8.42 Å². The van der Waals surface area contributed by atoms with Gasteiger partial charge in [-0.05, 0) is 19.1 Å². The molecule has 21 heavy (non-hydrogen) atoms. The highest BCUT2D eigenvalue weighted by Gasteiger charge is 2.13. The Labute approximate surface area is 124 Å². The van der Waals surface area contributed by atoms with Gasteiger partial charge in [-0.3, -0.25) is 0 Å². The molecule has 0 fully saturated rings. The van der Waals surface area contributed by atoms with Crippen LogP contribution >= 0.6 is 0 Å². The Kier molecular flexibility index (Phi) is 4.52. The summed E-state index contributed by atoms with van der Waals surface area (Å²) < 4.78 is 24.1. The molecule has 6 heteroatoms. The average molecular weight is 302 g/mol. The van der Waals surface area contributed by atoms with Crippen molar-refractivity contribution in [3.05, 3.63) is 65.4 Å². The Balaban J connectivity index is 2.13. The number of aryl methyl sites for hydroxylation is 1. The van der Waals surface area contributed by atoms with Gasteiger partial charge < -0.3 is 5.32 Å². The van der Waals surface area contributed by atoms with Gasteiger partial charge in [-0.2, -0.15) is 18.4 Å². The summed E-state index contributed by atoms with van der Waals surface area (Å²) in [5.41, 5.74) is 2.58. The lowest BCUT2D eigenvalue weighted by Gasteiger charge is -2.03. The predicted molar refractivity (Wildman–Crippen MR) is 83.0 cm³/mol. The maximum absolute atomic E-state index is 12.0. The lowest BCUT2D eigenvalue weighted by molar-refractivity contribution is 0.584. The number of likely N-dealkylation sites (N-methyl/N-ethyl adjacent to an activating group) is 1. The quantitative estimate of drug-likeness (QED) is 0.494. The van der Waals surface area contributed by atoms with Crippen molar-refractivity contribution in [2.75, 3.05) is 7.05 Å². The van der Waals surface area contributed by atoms with Crippen molar-refractivity contribution in [1.29, 1.82) is 0 Å². The second-order valence-corrected chi connectivity index (χ2v) is 6.09. The fourth-order valence-electron chi connectivity index (χ4n) is 1.71. The zero-order valence-corrected chi connectivity index (χ0v) is 12.6. The van der Waals surface area contributed by atoms with Gasteiger partial charge in [-0.1, -0.05) is 17.7 Å². The summed E-state index contributed by atoms with van der Waals surface area (Å²) in [6, 6.07) is 6.57. The maximum Gasteiger partial charge on any atom is 0.276 e. The lowest BCUT2D eigenvalue weighted by atomic mass is 10.1. The third-order valence-corrected chi connectivity index (χ3v) is 4.11. The molecule has 0 aliphatic heterocycles. The van der Waals surface area contributed by atoms with E-state index in [2.05, 4.69) is 21.3 Å². The van der Waals surface area contributed by atoms with Crippen molar-refractivity contribution < 1.29 is 8.42 Å². The summed E-state index contributed by atoms with van der Waals surface area (Å²) in [5, 5.41) is 6.79. The van der Waals surface area contributed by atoms with Crippen LogP contribution in [0.5, 0.6) is 0 Å². The molecule has 0 radical (unpaired) electrons. The molecule has 0 atom stereocenters. The van der Waals surface area contributed by atoms with E-state index < -0.39 is 10.0 Å². The first-order valence-corrected chi connectivity index (χ1v) is 7.80. The van der Waals surface area contributed by atoms with Crippen LogP contribution in [-0.4, -0.2) is 21.7 Å². The summed E-state index contributed by atoms with van der Waals surface area (Å²) in [5.74, 6) is 0. The highest BCUT2D eigenvalue weighted by atomic mass is 32.2. The van der Waals surface area contributed by atoms with Gasteiger partial charge in [0, 0.05) is 13.1 Å². The van der Waals surface area contributed by atoms with Gasteiger partial charge in [0.05, 0.1) is 17.2 Å². The molecular weight excluding hydrogens is 286 g/mol. The number of nitrogens with one attached hydrogen (secondary N) is 2. The topological polar surface area (TPSA) is 70.6 Å². The van der Waals surface area contributed by atoms with E-state index in [-0.39, 0.29) is 4.90 Å². The number of nitrogens with zero attached hydrogens (tertiary/aromatic N) is 1. The van der Waals surface area contributed by atoms with Gasteiger partial charge >= 0.3 is 0 Å². The number of hydrogen-bond donors (Lipinski definition) is 2. The first kappa shape index (κ1) is 15.0. The van der Waals surface area contributed by atoms with Crippen molar-refractivity contribution >= 4 is 16.2 Å². The number of hydrazone groups is 1. The van der Waals surface area contributed by atoms with Crippen LogP contribution in [0.15, 0.2) is 63.8 Å². The summed E-state index contributed by atoms with van der Waals surface area (Å²) in [7, 11) is -1.87. The molecule has 0 aromatic heterocycles. The normalized spacial score (nSPS) is 14.4. The molecule has 2 rings (SSSR count). The minimum absolute atomic E-state index is 0.181. The molecule has 2 N–H and O–H groups in total. The van der Waals surface area contributed by atoms with Crippen molar-refractivity contribution in [1.82, 2.24) is 10.1 Å². The van der Waals surface area contributed by atoms with Gasteiger partial charge in [-0.25, -0.2) is 0 Å². The van der Waals surface area contributed by atoms with Crippen LogP contribution in [0.25, 0.3) is 0 Å². The fourth-order valence-corrected chi connectivity index (χ4v) is 2.50. The zero-order valence-electron chi connectivity index (χ0n) is 11.8. The van der Waals surface area contributed by atoms with Crippen molar-refractivity contribution in [3.8, 4) is 0 Å². The molecule has 0 saturated carbocycles. The Bertz CT molecular complexity index is 727. The largest absolute Gasteiger partial charge is 0.336 e. The van der Waals surface area contributed by atoms with Gasteiger partial charge in [0.1, 0.15) is 17.7 Å². The van der Waals surface area contributed by atoms with Crippen LogP contribution in [0.1, 0.15) is 5.56 Å². The van der Waals surface area contributed by atoms with Gasteiger partial charge in [0.15, 0.2) is 5.70 Å². The number of sulfonamides is 1. The molecule has 108 valence electrons. The minimum Gasteiger partial charge on any atom is -0.336 e. The Hall–Kier alpha value is -2.43. The third kappa shape index (κ3) is 3.78. The molecule has 0 spiro atoms. The molecule has 0 heterocycles. The van der Waals surface area contributed by atoms with E-state index in [4.69, 9.17) is 0 Å². The van der Waals surface area contributed by atoms with E-state index in [1.807, 2.05) is 6.92 Å².